The number of aromatic carboxylic acids is 1. The average molecular weight is 531 g/mol. The Labute approximate surface area is 214 Å². The van der Waals surface area contributed by atoms with Crippen LogP contribution in [0.3, 0.4) is 0 Å². The molecule has 1 N–H and O–H groups in total. The van der Waals surface area contributed by atoms with Crippen molar-refractivity contribution in [1.82, 2.24) is 4.90 Å². The molecule has 0 aliphatic carbocycles. The Morgan fingerprint density at radius 3 is 2.49 bits per heavy atom. The summed E-state index contributed by atoms with van der Waals surface area (Å²) in [6.07, 6.45) is 1.64. The van der Waals surface area contributed by atoms with Crippen molar-refractivity contribution in [1.29, 1.82) is 0 Å². The van der Waals surface area contributed by atoms with E-state index in [1.807, 2.05) is 0 Å². The molecule has 1 amide bonds. The van der Waals surface area contributed by atoms with Crippen LogP contribution in [0.15, 0.2) is 70.6 Å². The molecule has 1 saturated heterocycles. The molecule has 1 aliphatic rings. The molecule has 3 aromatic carbocycles. The standard InChI is InChI=1S/C25H17Cl2FN2O4S/c1-30-23(31)21(35-25(30)29-18-4-2-3-16(12-18)24(32)33)11-15-9-19(26)22(20(27)10-15)34-13-14-5-7-17(28)8-6-14/h2-12H,13H2,1H3,(H,32,33). The van der Waals surface area contributed by atoms with Crippen molar-refractivity contribution < 1.29 is 23.8 Å². The van der Waals surface area contributed by atoms with Crippen molar-refractivity contribution in [2.75, 3.05) is 7.05 Å². The van der Waals surface area contributed by atoms with E-state index in [0.717, 1.165) is 17.3 Å². The van der Waals surface area contributed by atoms with Gasteiger partial charge in [0.05, 0.1) is 26.2 Å². The van der Waals surface area contributed by atoms with Crippen molar-refractivity contribution in [2.45, 2.75) is 6.61 Å². The third kappa shape index (κ3) is 5.85. The van der Waals surface area contributed by atoms with Crippen molar-refractivity contribution in [2.24, 2.45) is 4.99 Å². The third-order valence-corrected chi connectivity index (χ3v) is 6.56. The Morgan fingerprint density at radius 1 is 1.14 bits per heavy atom. The lowest BCUT2D eigenvalue weighted by molar-refractivity contribution is -0.121. The number of aliphatic imine (C=N–C) groups is 1. The summed E-state index contributed by atoms with van der Waals surface area (Å²) < 4.78 is 18.8. The molecule has 0 spiro atoms. The van der Waals surface area contributed by atoms with Gasteiger partial charge in [0.1, 0.15) is 12.4 Å². The molecule has 3 aromatic rings. The van der Waals surface area contributed by atoms with Gasteiger partial charge in [-0.25, -0.2) is 14.2 Å². The summed E-state index contributed by atoms with van der Waals surface area (Å²) in [4.78, 5) is 30.1. The number of thioether (sulfide) groups is 1. The Kier molecular flexibility index (Phi) is 7.45. The van der Waals surface area contributed by atoms with E-state index in [0.29, 0.717) is 21.3 Å². The van der Waals surface area contributed by atoms with E-state index in [2.05, 4.69) is 4.99 Å². The summed E-state index contributed by atoms with van der Waals surface area (Å²) in [6, 6.07) is 15.3. The molecule has 178 valence electrons. The molecule has 6 nitrogen and oxygen atoms in total. The molecular weight excluding hydrogens is 514 g/mol. The number of rotatable bonds is 6. The van der Waals surface area contributed by atoms with E-state index < -0.39 is 5.97 Å². The number of ether oxygens (including phenoxy) is 1. The largest absolute Gasteiger partial charge is 0.486 e. The van der Waals surface area contributed by atoms with Crippen LogP contribution in [-0.4, -0.2) is 34.1 Å². The second-order valence-electron chi connectivity index (χ2n) is 7.45. The first kappa shape index (κ1) is 24.8. The van der Waals surface area contributed by atoms with Crippen molar-refractivity contribution in [3.05, 3.63) is 98.1 Å². The highest BCUT2D eigenvalue weighted by molar-refractivity contribution is 8.18. The third-order valence-electron chi connectivity index (χ3n) is 4.94. The van der Waals surface area contributed by atoms with Crippen molar-refractivity contribution in [3.8, 4) is 5.75 Å². The number of halogens is 3. The number of carbonyl (C=O) groups is 2. The smallest absolute Gasteiger partial charge is 0.335 e. The highest BCUT2D eigenvalue weighted by Crippen LogP contribution is 2.38. The molecule has 0 saturated carbocycles. The average Bonchev–Trinajstić information content (AvgIpc) is 3.07. The van der Waals surface area contributed by atoms with Gasteiger partial charge in [0.25, 0.3) is 5.91 Å². The van der Waals surface area contributed by atoms with Gasteiger partial charge in [-0.05, 0) is 71.4 Å². The van der Waals surface area contributed by atoms with Gasteiger partial charge >= 0.3 is 5.97 Å². The Hall–Kier alpha value is -3.33. The van der Waals surface area contributed by atoms with Crippen LogP contribution in [-0.2, 0) is 11.4 Å². The summed E-state index contributed by atoms with van der Waals surface area (Å²) in [7, 11) is 1.59. The second kappa shape index (κ2) is 10.5. The van der Waals surface area contributed by atoms with Gasteiger partial charge in [-0.15, -0.1) is 0 Å². The first-order chi connectivity index (χ1) is 16.7. The maximum atomic E-state index is 13.1. The first-order valence-electron chi connectivity index (χ1n) is 10.2. The number of carboxylic acid groups (broad SMARTS) is 1. The van der Waals surface area contributed by atoms with E-state index >= 15 is 0 Å². The number of nitrogens with zero attached hydrogens (tertiary/aromatic N) is 2. The molecular formula is C25H17Cl2FN2O4S. The van der Waals surface area contributed by atoms with Gasteiger partial charge < -0.3 is 9.84 Å². The molecule has 0 aromatic heterocycles. The molecule has 0 bridgehead atoms. The summed E-state index contributed by atoms with van der Waals surface area (Å²) in [5.74, 6) is -1.39. The summed E-state index contributed by atoms with van der Waals surface area (Å²) in [5, 5.41) is 10.1. The minimum Gasteiger partial charge on any atom is -0.486 e. The highest BCUT2D eigenvalue weighted by atomic mass is 35.5. The fourth-order valence-electron chi connectivity index (χ4n) is 3.16. The van der Waals surface area contributed by atoms with Crippen LogP contribution >= 0.6 is 35.0 Å². The van der Waals surface area contributed by atoms with Crippen molar-refractivity contribution in [3.63, 3.8) is 0 Å². The maximum absolute atomic E-state index is 13.1. The van der Waals surface area contributed by atoms with Gasteiger partial charge in [0, 0.05) is 7.05 Å². The molecule has 35 heavy (non-hydrogen) atoms. The molecule has 1 fully saturated rings. The minimum atomic E-state index is -1.06. The predicted molar refractivity (Wildman–Crippen MR) is 136 cm³/mol. The van der Waals surface area contributed by atoms with E-state index in [9.17, 15) is 14.0 Å². The lowest BCUT2D eigenvalue weighted by atomic mass is 10.2. The number of amidine groups is 1. The number of amides is 1. The number of hydrogen-bond acceptors (Lipinski definition) is 5. The molecule has 1 aliphatic heterocycles. The maximum Gasteiger partial charge on any atom is 0.335 e. The Morgan fingerprint density at radius 2 is 1.83 bits per heavy atom. The van der Waals surface area contributed by atoms with E-state index in [1.165, 1.54) is 29.2 Å². The molecule has 0 atom stereocenters. The second-order valence-corrected chi connectivity index (χ2v) is 9.28. The molecule has 1 heterocycles. The molecule has 10 heteroatoms. The van der Waals surface area contributed by atoms with Crippen LogP contribution < -0.4 is 4.74 Å². The monoisotopic (exact) mass is 530 g/mol. The van der Waals surface area contributed by atoms with Gasteiger partial charge in [-0.3, -0.25) is 9.69 Å². The van der Waals surface area contributed by atoms with Crippen LogP contribution in [0.1, 0.15) is 21.5 Å². The zero-order valence-corrected chi connectivity index (χ0v) is 20.5. The lowest BCUT2D eigenvalue weighted by Gasteiger charge is -2.11. The fourth-order valence-corrected chi connectivity index (χ4v) is 4.76. The van der Waals surface area contributed by atoms with E-state index in [4.69, 9.17) is 33.0 Å². The lowest BCUT2D eigenvalue weighted by Crippen LogP contribution is -2.23. The minimum absolute atomic E-state index is 0.102. The van der Waals surface area contributed by atoms with Crippen LogP contribution in [0.25, 0.3) is 6.08 Å². The van der Waals surface area contributed by atoms with Gasteiger partial charge in [0.2, 0.25) is 0 Å². The zero-order chi connectivity index (χ0) is 25.1. The van der Waals surface area contributed by atoms with Crippen LogP contribution in [0.4, 0.5) is 10.1 Å². The van der Waals surface area contributed by atoms with Crippen LogP contribution in [0.2, 0.25) is 10.0 Å². The van der Waals surface area contributed by atoms with Crippen molar-refractivity contribution >= 4 is 63.8 Å². The van der Waals surface area contributed by atoms with E-state index in [1.54, 1.807) is 49.5 Å². The van der Waals surface area contributed by atoms with Gasteiger partial charge in [-0.1, -0.05) is 41.4 Å². The Bertz CT molecular complexity index is 1350. The number of carboxylic acids is 1. The first-order valence-corrected chi connectivity index (χ1v) is 11.7. The van der Waals surface area contributed by atoms with Crippen LogP contribution in [0.5, 0.6) is 5.75 Å². The predicted octanol–water partition coefficient (Wildman–Crippen LogP) is 6.64. The van der Waals surface area contributed by atoms with Crippen LogP contribution in [0, 0.1) is 5.82 Å². The molecule has 0 radical (unpaired) electrons. The number of carbonyl (C=O) groups excluding carboxylic acids is 1. The molecule has 0 unspecified atom stereocenters. The van der Waals surface area contributed by atoms with E-state index in [-0.39, 0.29) is 39.7 Å². The fraction of sp³-hybridized carbons (Fsp3) is 0.0800. The topological polar surface area (TPSA) is 79.2 Å². The number of benzene rings is 3. The quantitative estimate of drug-likeness (QED) is 0.361. The number of hydrogen-bond donors (Lipinski definition) is 1. The normalized spacial score (nSPS) is 15.8. The van der Waals surface area contributed by atoms with Gasteiger partial charge in [0.15, 0.2) is 10.9 Å². The Balaban J connectivity index is 1.54. The summed E-state index contributed by atoms with van der Waals surface area (Å²) in [5.41, 5.74) is 1.86. The summed E-state index contributed by atoms with van der Waals surface area (Å²) in [6.45, 7) is 0.155. The highest BCUT2D eigenvalue weighted by Gasteiger charge is 2.30. The summed E-state index contributed by atoms with van der Waals surface area (Å²) >= 11 is 13.9. The zero-order valence-electron chi connectivity index (χ0n) is 18.2. The van der Waals surface area contributed by atoms with Gasteiger partial charge in [-0.2, -0.15) is 0 Å². The number of likely N-dealkylation sites (N-methyl/N-ethyl adjacent to an activating group) is 1. The molecule has 4 rings (SSSR count). The SMILES string of the molecule is CN1C(=O)C(=Cc2cc(Cl)c(OCc3ccc(F)cc3)c(Cl)c2)SC1=Nc1cccc(C(=O)O)c1.